The summed E-state index contributed by atoms with van der Waals surface area (Å²) >= 11 is 0. The fraction of sp³-hybridized carbons (Fsp3) is 0.688. The van der Waals surface area contributed by atoms with Crippen LogP contribution in [-0.4, -0.2) is 23.0 Å². The first-order chi connectivity index (χ1) is 8.99. The van der Waals surface area contributed by atoms with Crippen molar-refractivity contribution in [2.75, 3.05) is 13.1 Å². The highest BCUT2D eigenvalue weighted by Gasteiger charge is 2.28. The van der Waals surface area contributed by atoms with Gasteiger partial charge in [0.25, 0.3) is 0 Å². The second kappa shape index (κ2) is 6.02. The van der Waals surface area contributed by atoms with Gasteiger partial charge in [-0.1, -0.05) is 26.8 Å². The van der Waals surface area contributed by atoms with Crippen molar-refractivity contribution in [3.8, 4) is 0 Å². The number of aromatic nitrogens is 1. The number of hydrogen-bond donors (Lipinski definition) is 1. The van der Waals surface area contributed by atoms with Crippen molar-refractivity contribution < 1.29 is 0 Å². The monoisotopic (exact) mass is 261 g/mol. The molecule has 0 bridgehead atoms. The maximum absolute atomic E-state index is 5.59. The molecule has 0 amide bonds. The number of hydrogen-bond acceptors (Lipinski definition) is 3. The SMILES string of the molecule is CC(C)(C)C1CCN(Cc2ccc(CN)cn2)CC1. The lowest BCUT2D eigenvalue weighted by atomic mass is 9.75. The van der Waals surface area contributed by atoms with Gasteiger partial charge in [-0.3, -0.25) is 9.88 Å². The Bertz CT molecular complexity index is 383. The van der Waals surface area contributed by atoms with Crippen molar-refractivity contribution in [1.29, 1.82) is 0 Å². The van der Waals surface area contributed by atoms with Crippen LogP contribution in [-0.2, 0) is 13.1 Å². The highest BCUT2D eigenvalue weighted by atomic mass is 15.1. The van der Waals surface area contributed by atoms with Crippen molar-refractivity contribution in [3.63, 3.8) is 0 Å². The molecule has 0 aliphatic carbocycles. The Morgan fingerprint density at radius 2 is 1.95 bits per heavy atom. The third-order valence-electron chi connectivity index (χ3n) is 4.32. The van der Waals surface area contributed by atoms with Crippen LogP contribution in [0.5, 0.6) is 0 Å². The van der Waals surface area contributed by atoms with E-state index in [4.69, 9.17) is 5.73 Å². The molecular formula is C16H27N3. The molecule has 106 valence electrons. The van der Waals surface area contributed by atoms with Gasteiger partial charge in [0.05, 0.1) is 5.69 Å². The van der Waals surface area contributed by atoms with Crippen LogP contribution in [0, 0.1) is 11.3 Å². The summed E-state index contributed by atoms with van der Waals surface area (Å²) in [5.41, 5.74) is 8.31. The quantitative estimate of drug-likeness (QED) is 0.909. The maximum Gasteiger partial charge on any atom is 0.0544 e. The molecular weight excluding hydrogens is 234 g/mol. The molecule has 1 aromatic heterocycles. The van der Waals surface area contributed by atoms with E-state index in [9.17, 15) is 0 Å². The molecule has 1 aliphatic heterocycles. The standard InChI is InChI=1S/C16H27N3/c1-16(2,3)14-6-8-19(9-7-14)12-15-5-4-13(10-17)11-18-15/h4-5,11,14H,6-10,12,17H2,1-3H3. The average Bonchev–Trinajstić information content (AvgIpc) is 2.39. The molecule has 0 unspecified atom stereocenters. The summed E-state index contributed by atoms with van der Waals surface area (Å²) in [5.74, 6) is 0.858. The zero-order valence-corrected chi connectivity index (χ0v) is 12.5. The molecule has 2 heterocycles. The third-order valence-corrected chi connectivity index (χ3v) is 4.32. The minimum atomic E-state index is 0.452. The zero-order chi connectivity index (χ0) is 13.9. The molecule has 1 saturated heterocycles. The molecule has 1 fully saturated rings. The van der Waals surface area contributed by atoms with Gasteiger partial charge in [-0.25, -0.2) is 0 Å². The smallest absolute Gasteiger partial charge is 0.0544 e. The van der Waals surface area contributed by atoms with Crippen LogP contribution in [0.1, 0.15) is 44.9 Å². The fourth-order valence-corrected chi connectivity index (χ4v) is 2.86. The Labute approximate surface area is 117 Å². The van der Waals surface area contributed by atoms with Crippen molar-refractivity contribution in [2.45, 2.75) is 46.7 Å². The van der Waals surface area contributed by atoms with E-state index in [1.54, 1.807) is 0 Å². The van der Waals surface area contributed by atoms with E-state index in [1.165, 1.54) is 25.9 Å². The molecule has 3 nitrogen and oxygen atoms in total. The summed E-state index contributed by atoms with van der Waals surface area (Å²) in [7, 11) is 0. The number of rotatable bonds is 3. The Hall–Kier alpha value is -0.930. The third kappa shape index (κ3) is 4.02. The van der Waals surface area contributed by atoms with Gasteiger partial charge in [-0.2, -0.15) is 0 Å². The number of likely N-dealkylation sites (tertiary alicyclic amines) is 1. The lowest BCUT2D eigenvalue weighted by Gasteiger charge is -2.38. The predicted molar refractivity (Wildman–Crippen MR) is 79.6 cm³/mol. The lowest BCUT2D eigenvalue weighted by molar-refractivity contribution is 0.107. The first-order valence-corrected chi connectivity index (χ1v) is 7.35. The van der Waals surface area contributed by atoms with Crippen molar-refractivity contribution in [2.24, 2.45) is 17.1 Å². The molecule has 0 saturated carbocycles. The minimum absolute atomic E-state index is 0.452. The van der Waals surface area contributed by atoms with Gasteiger partial charge in [0.15, 0.2) is 0 Å². The summed E-state index contributed by atoms with van der Waals surface area (Å²) in [6, 6.07) is 4.20. The fourth-order valence-electron chi connectivity index (χ4n) is 2.86. The molecule has 0 aromatic carbocycles. The van der Waals surface area contributed by atoms with Crippen LogP contribution in [0.25, 0.3) is 0 Å². The summed E-state index contributed by atoms with van der Waals surface area (Å²) < 4.78 is 0. The topological polar surface area (TPSA) is 42.1 Å². The van der Waals surface area contributed by atoms with E-state index in [0.717, 1.165) is 23.7 Å². The van der Waals surface area contributed by atoms with E-state index in [-0.39, 0.29) is 0 Å². The van der Waals surface area contributed by atoms with Crippen LogP contribution >= 0.6 is 0 Å². The molecule has 19 heavy (non-hydrogen) atoms. The Morgan fingerprint density at radius 3 is 2.42 bits per heavy atom. The summed E-state index contributed by atoms with van der Waals surface area (Å²) in [4.78, 5) is 7.01. The number of pyridine rings is 1. The predicted octanol–water partition coefficient (Wildman–Crippen LogP) is 2.80. The molecule has 2 rings (SSSR count). The van der Waals surface area contributed by atoms with Gasteiger partial charge < -0.3 is 5.73 Å². The van der Waals surface area contributed by atoms with E-state index in [1.807, 2.05) is 6.20 Å². The van der Waals surface area contributed by atoms with Crippen LogP contribution in [0.3, 0.4) is 0 Å². The molecule has 0 radical (unpaired) electrons. The first kappa shape index (κ1) is 14.5. The van der Waals surface area contributed by atoms with Crippen LogP contribution in [0.15, 0.2) is 18.3 Å². The van der Waals surface area contributed by atoms with Gasteiger partial charge in [-0.05, 0) is 48.9 Å². The highest BCUT2D eigenvalue weighted by molar-refractivity contribution is 5.13. The molecule has 2 N–H and O–H groups in total. The second-order valence-electron chi connectivity index (χ2n) is 6.78. The van der Waals surface area contributed by atoms with E-state index in [2.05, 4.69) is 42.8 Å². The van der Waals surface area contributed by atoms with Crippen LogP contribution < -0.4 is 5.73 Å². The van der Waals surface area contributed by atoms with Gasteiger partial charge in [0.2, 0.25) is 0 Å². The van der Waals surface area contributed by atoms with Gasteiger partial charge in [0.1, 0.15) is 0 Å². The molecule has 3 heteroatoms. The van der Waals surface area contributed by atoms with Crippen LogP contribution in [0.4, 0.5) is 0 Å². The van der Waals surface area contributed by atoms with Crippen molar-refractivity contribution in [3.05, 3.63) is 29.6 Å². The molecule has 1 aliphatic rings. The summed E-state index contributed by atoms with van der Waals surface area (Å²) in [6.45, 7) is 11.0. The minimum Gasteiger partial charge on any atom is -0.326 e. The maximum atomic E-state index is 5.59. The summed E-state index contributed by atoms with van der Waals surface area (Å²) in [5, 5.41) is 0. The molecule has 0 atom stereocenters. The number of piperidine rings is 1. The lowest BCUT2D eigenvalue weighted by Crippen LogP contribution is -2.37. The van der Waals surface area contributed by atoms with Crippen molar-refractivity contribution >= 4 is 0 Å². The molecule has 0 spiro atoms. The van der Waals surface area contributed by atoms with Crippen LogP contribution in [0.2, 0.25) is 0 Å². The highest BCUT2D eigenvalue weighted by Crippen LogP contribution is 2.34. The number of nitrogens with zero attached hydrogens (tertiary/aromatic N) is 2. The van der Waals surface area contributed by atoms with E-state index < -0.39 is 0 Å². The van der Waals surface area contributed by atoms with E-state index in [0.29, 0.717) is 12.0 Å². The Morgan fingerprint density at radius 1 is 1.26 bits per heavy atom. The Balaban J connectivity index is 1.85. The average molecular weight is 261 g/mol. The van der Waals surface area contributed by atoms with Gasteiger partial charge >= 0.3 is 0 Å². The van der Waals surface area contributed by atoms with Crippen molar-refractivity contribution in [1.82, 2.24) is 9.88 Å². The van der Waals surface area contributed by atoms with E-state index >= 15 is 0 Å². The molecule has 1 aromatic rings. The summed E-state index contributed by atoms with van der Waals surface area (Å²) in [6.07, 6.45) is 4.52. The van der Waals surface area contributed by atoms with Gasteiger partial charge in [-0.15, -0.1) is 0 Å². The Kier molecular flexibility index (Phi) is 4.58. The zero-order valence-electron chi connectivity index (χ0n) is 12.5. The largest absolute Gasteiger partial charge is 0.326 e. The normalized spacial score (nSPS) is 18.7. The first-order valence-electron chi connectivity index (χ1n) is 7.35. The van der Waals surface area contributed by atoms with Gasteiger partial charge in [0, 0.05) is 19.3 Å². The number of nitrogens with two attached hydrogens (primary N) is 1. The second-order valence-corrected chi connectivity index (χ2v) is 6.78.